The molecule has 0 saturated heterocycles. The number of benzene rings is 2. The first-order valence-electron chi connectivity index (χ1n) is 5.33. The summed E-state index contributed by atoms with van der Waals surface area (Å²) in [7, 11) is 2.93. The second-order valence-electron chi connectivity index (χ2n) is 3.63. The Morgan fingerprint density at radius 3 is 2.44 bits per heavy atom. The monoisotopic (exact) mass is 245 g/mol. The first-order chi connectivity index (χ1) is 8.69. The SMILES string of the molecule is COc1cccc(-c2cc[c]c(O)c2OC)c1O. The maximum Gasteiger partial charge on any atom is 0.169 e. The first kappa shape index (κ1) is 12.1. The maximum atomic E-state index is 10.1. The predicted octanol–water partition coefficient (Wildman–Crippen LogP) is 2.58. The van der Waals surface area contributed by atoms with Gasteiger partial charge >= 0.3 is 0 Å². The highest BCUT2D eigenvalue weighted by Gasteiger charge is 2.15. The van der Waals surface area contributed by atoms with Crippen molar-refractivity contribution >= 4 is 0 Å². The number of hydrogen-bond acceptors (Lipinski definition) is 4. The van der Waals surface area contributed by atoms with Gasteiger partial charge < -0.3 is 19.7 Å². The van der Waals surface area contributed by atoms with Gasteiger partial charge in [0.25, 0.3) is 0 Å². The minimum Gasteiger partial charge on any atom is -0.504 e. The third kappa shape index (κ3) is 1.93. The van der Waals surface area contributed by atoms with Gasteiger partial charge in [-0.2, -0.15) is 0 Å². The minimum atomic E-state index is -0.0998. The molecule has 0 bridgehead atoms. The number of methoxy groups -OCH3 is 2. The molecule has 93 valence electrons. The van der Waals surface area contributed by atoms with Crippen molar-refractivity contribution in [3.8, 4) is 34.1 Å². The lowest BCUT2D eigenvalue weighted by Crippen LogP contribution is -1.90. The van der Waals surface area contributed by atoms with Crippen molar-refractivity contribution in [2.24, 2.45) is 0 Å². The summed E-state index contributed by atoms with van der Waals surface area (Å²) in [5, 5.41) is 19.8. The average molecular weight is 245 g/mol. The van der Waals surface area contributed by atoms with Crippen LogP contribution in [0.4, 0.5) is 0 Å². The van der Waals surface area contributed by atoms with Crippen molar-refractivity contribution < 1.29 is 19.7 Å². The fourth-order valence-electron chi connectivity index (χ4n) is 1.80. The summed E-state index contributed by atoms with van der Waals surface area (Å²) in [6, 6.07) is 11.0. The zero-order valence-corrected chi connectivity index (χ0v) is 10.1. The molecule has 0 fully saturated rings. The van der Waals surface area contributed by atoms with Gasteiger partial charge in [0.15, 0.2) is 23.0 Å². The van der Waals surface area contributed by atoms with Gasteiger partial charge in [-0.3, -0.25) is 0 Å². The van der Waals surface area contributed by atoms with E-state index in [1.807, 2.05) is 0 Å². The smallest absolute Gasteiger partial charge is 0.169 e. The molecule has 1 radical (unpaired) electrons. The van der Waals surface area contributed by atoms with Crippen molar-refractivity contribution in [2.75, 3.05) is 14.2 Å². The summed E-state index contributed by atoms with van der Waals surface area (Å²) in [4.78, 5) is 0. The lowest BCUT2D eigenvalue weighted by molar-refractivity contribution is 0.370. The van der Waals surface area contributed by atoms with Crippen molar-refractivity contribution in [1.82, 2.24) is 0 Å². The Morgan fingerprint density at radius 1 is 1.00 bits per heavy atom. The Kier molecular flexibility index (Phi) is 3.28. The lowest BCUT2D eigenvalue weighted by atomic mass is 10.0. The molecule has 4 heteroatoms. The van der Waals surface area contributed by atoms with Crippen LogP contribution in [0.2, 0.25) is 0 Å². The number of ether oxygens (including phenoxy) is 2. The Balaban J connectivity index is 2.66. The largest absolute Gasteiger partial charge is 0.504 e. The minimum absolute atomic E-state index is 0.00361. The molecule has 2 aromatic rings. The standard InChI is InChI=1S/C14H13O4/c1-17-12-8-4-5-9(13(12)16)10-6-3-7-11(15)14(10)18-2/h3-6,8,15-16H,1-2H3. The van der Waals surface area contributed by atoms with Gasteiger partial charge in [-0.15, -0.1) is 0 Å². The van der Waals surface area contributed by atoms with Crippen LogP contribution in [0.15, 0.2) is 30.3 Å². The Hall–Kier alpha value is -2.36. The summed E-state index contributed by atoms with van der Waals surface area (Å²) in [6.45, 7) is 0. The molecule has 0 aliphatic carbocycles. The Bertz CT molecular complexity index is 564. The molecule has 0 heterocycles. The van der Waals surface area contributed by atoms with Crippen LogP contribution in [0.3, 0.4) is 0 Å². The summed E-state index contributed by atoms with van der Waals surface area (Å²) in [6.07, 6.45) is 0. The van der Waals surface area contributed by atoms with E-state index in [2.05, 4.69) is 6.07 Å². The molecular weight excluding hydrogens is 232 g/mol. The van der Waals surface area contributed by atoms with Crippen LogP contribution in [-0.2, 0) is 0 Å². The van der Waals surface area contributed by atoms with E-state index in [1.165, 1.54) is 14.2 Å². The number of hydrogen-bond donors (Lipinski definition) is 2. The van der Waals surface area contributed by atoms with Gasteiger partial charge in [0.2, 0.25) is 0 Å². The van der Waals surface area contributed by atoms with Crippen molar-refractivity contribution in [3.63, 3.8) is 0 Å². The zero-order valence-electron chi connectivity index (χ0n) is 10.1. The van der Waals surface area contributed by atoms with Gasteiger partial charge in [-0.25, -0.2) is 0 Å². The lowest BCUT2D eigenvalue weighted by Gasteiger charge is -2.12. The molecular formula is C14H13O4. The third-order valence-corrected chi connectivity index (χ3v) is 2.64. The van der Waals surface area contributed by atoms with Crippen molar-refractivity contribution in [3.05, 3.63) is 36.4 Å². The second kappa shape index (κ2) is 4.87. The Morgan fingerprint density at radius 2 is 1.78 bits per heavy atom. The molecule has 0 unspecified atom stereocenters. The van der Waals surface area contributed by atoms with E-state index >= 15 is 0 Å². The van der Waals surface area contributed by atoms with Gasteiger partial charge in [0, 0.05) is 17.2 Å². The summed E-state index contributed by atoms with van der Waals surface area (Å²) < 4.78 is 10.2. The molecule has 0 aromatic heterocycles. The van der Waals surface area contributed by atoms with Gasteiger partial charge in [0.1, 0.15) is 0 Å². The van der Waals surface area contributed by atoms with Crippen LogP contribution in [0.1, 0.15) is 0 Å². The van der Waals surface area contributed by atoms with E-state index in [4.69, 9.17) is 9.47 Å². The summed E-state index contributed by atoms with van der Waals surface area (Å²) in [5.41, 5.74) is 1.10. The van der Waals surface area contributed by atoms with E-state index in [9.17, 15) is 10.2 Å². The average Bonchev–Trinajstić information content (AvgIpc) is 2.39. The maximum absolute atomic E-state index is 10.1. The number of rotatable bonds is 3. The third-order valence-electron chi connectivity index (χ3n) is 2.64. The van der Waals surface area contributed by atoms with Crippen LogP contribution in [0.5, 0.6) is 23.0 Å². The fourth-order valence-corrected chi connectivity index (χ4v) is 1.80. The van der Waals surface area contributed by atoms with Crippen LogP contribution in [-0.4, -0.2) is 24.4 Å². The number of para-hydroxylation sites is 1. The normalized spacial score (nSPS) is 10.1. The topological polar surface area (TPSA) is 58.9 Å². The molecule has 4 nitrogen and oxygen atoms in total. The van der Waals surface area contributed by atoms with Crippen LogP contribution in [0, 0.1) is 6.07 Å². The van der Waals surface area contributed by atoms with Gasteiger partial charge in [0.05, 0.1) is 14.2 Å². The highest BCUT2D eigenvalue weighted by Crippen LogP contribution is 2.43. The molecule has 0 atom stereocenters. The van der Waals surface area contributed by atoms with Gasteiger partial charge in [-0.05, 0) is 18.2 Å². The fraction of sp³-hybridized carbons (Fsp3) is 0.143. The van der Waals surface area contributed by atoms with E-state index < -0.39 is 0 Å². The second-order valence-corrected chi connectivity index (χ2v) is 3.63. The molecule has 2 aromatic carbocycles. The molecule has 0 aliphatic heterocycles. The summed E-state index contributed by atoms with van der Waals surface area (Å²) >= 11 is 0. The van der Waals surface area contributed by atoms with Crippen LogP contribution in [0.25, 0.3) is 11.1 Å². The number of aromatic hydroxyl groups is 2. The van der Waals surface area contributed by atoms with Gasteiger partial charge in [-0.1, -0.05) is 12.1 Å². The molecule has 2 N–H and O–H groups in total. The molecule has 0 saturated carbocycles. The highest BCUT2D eigenvalue weighted by molar-refractivity contribution is 5.79. The number of phenols is 2. The van der Waals surface area contributed by atoms with E-state index in [0.717, 1.165) is 0 Å². The molecule has 18 heavy (non-hydrogen) atoms. The highest BCUT2D eigenvalue weighted by atomic mass is 16.5. The van der Waals surface area contributed by atoms with E-state index in [-0.39, 0.29) is 17.2 Å². The predicted molar refractivity (Wildman–Crippen MR) is 67.1 cm³/mol. The molecule has 0 aliphatic rings. The van der Waals surface area contributed by atoms with Crippen molar-refractivity contribution in [2.45, 2.75) is 0 Å². The summed E-state index contributed by atoms with van der Waals surface area (Å²) in [5.74, 6) is 0.532. The molecule has 2 rings (SSSR count). The molecule has 0 amide bonds. The number of phenolic OH excluding ortho intramolecular Hbond substituents is 2. The van der Waals surface area contributed by atoms with E-state index in [1.54, 1.807) is 30.3 Å². The zero-order chi connectivity index (χ0) is 13.1. The molecule has 0 spiro atoms. The van der Waals surface area contributed by atoms with E-state index in [0.29, 0.717) is 16.9 Å². The van der Waals surface area contributed by atoms with Crippen LogP contribution < -0.4 is 9.47 Å². The van der Waals surface area contributed by atoms with Crippen LogP contribution >= 0.6 is 0 Å². The van der Waals surface area contributed by atoms with Crippen molar-refractivity contribution in [1.29, 1.82) is 0 Å². The first-order valence-corrected chi connectivity index (χ1v) is 5.33. The quantitative estimate of drug-likeness (QED) is 0.872. The Labute approximate surface area is 105 Å².